The van der Waals surface area contributed by atoms with Crippen molar-refractivity contribution in [2.24, 2.45) is 0 Å². The van der Waals surface area contributed by atoms with Crippen molar-refractivity contribution in [3.05, 3.63) is 107 Å². The fraction of sp³-hybridized carbons (Fsp3) is 0.0938. The van der Waals surface area contributed by atoms with Crippen molar-refractivity contribution in [3.8, 4) is 45.5 Å². The quantitative estimate of drug-likeness (QED) is 0.221. The van der Waals surface area contributed by atoms with Crippen LogP contribution in [0.15, 0.2) is 91.0 Å². The first-order chi connectivity index (χ1) is 19.9. The van der Waals surface area contributed by atoms with Crippen LogP contribution in [0, 0.1) is 6.92 Å². The number of rotatable bonds is 6. The molecular formula is C32H24ClN3O5. The van der Waals surface area contributed by atoms with E-state index in [0.717, 1.165) is 22.4 Å². The van der Waals surface area contributed by atoms with Crippen LogP contribution in [0.1, 0.15) is 22.8 Å². The highest BCUT2D eigenvalue weighted by Gasteiger charge is 2.26. The summed E-state index contributed by atoms with van der Waals surface area (Å²) < 4.78 is 18.5. The van der Waals surface area contributed by atoms with Crippen molar-refractivity contribution < 1.29 is 23.8 Å². The largest absolute Gasteiger partial charge is 0.454 e. The molecule has 8 nitrogen and oxygen atoms in total. The zero-order chi connectivity index (χ0) is 28.5. The third-order valence-electron chi connectivity index (χ3n) is 6.53. The van der Waals surface area contributed by atoms with Crippen LogP contribution in [0.3, 0.4) is 0 Å². The second-order valence-electron chi connectivity index (χ2n) is 9.45. The van der Waals surface area contributed by atoms with Crippen molar-refractivity contribution in [2.45, 2.75) is 13.8 Å². The molecule has 0 fully saturated rings. The summed E-state index contributed by atoms with van der Waals surface area (Å²) >= 11 is 6.19. The highest BCUT2D eigenvalue weighted by molar-refractivity contribution is 6.34. The number of ether oxygens (including phenoxy) is 3. The molecule has 0 bridgehead atoms. The molecule has 0 unspecified atom stereocenters. The van der Waals surface area contributed by atoms with Gasteiger partial charge in [0.1, 0.15) is 5.69 Å². The SMILES string of the molecule is CC(=O)Oc1c(-c2ccc(NC(=O)c3ccccc3Cl)cc2)c(-c2ccc3c(c2)OCO3)nn1-c1cccc(C)c1. The molecule has 9 heteroatoms. The smallest absolute Gasteiger partial charge is 0.309 e. The molecule has 5 aromatic rings. The maximum atomic E-state index is 12.8. The molecule has 2 heterocycles. The lowest BCUT2D eigenvalue weighted by Gasteiger charge is -2.11. The van der Waals surface area contributed by atoms with Crippen molar-refractivity contribution >= 4 is 29.2 Å². The second kappa shape index (κ2) is 10.8. The standard InChI is InChI=1S/C32H24ClN3O5/c1-19-6-5-7-24(16-19)36-32(41-20(2)37)29(30(35-36)22-12-15-27-28(17-22)40-18-39-27)21-10-13-23(14-11-21)34-31(38)25-8-3-4-9-26(25)33/h3-17H,18H2,1-2H3,(H,34,38). The van der Waals surface area contributed by atoms with E-state index in [1.54, 1.807) is 41.1 Å². The number of benzene rings is 4. The molecule has 1 aliphatic rings. The summed E-state index contributed by atoms with van der Waals surface area (Å²) in [5.74, 6) is 0.708. The molecule has 41 heavy (non-hydrogen) atoms. The van der Waals surface area contributed by atoms with Gasteiger partial charge in [-0.2, -0.15) is 9.78 Å². The first-order valence-corrected chi connectivity index (χ1v) is 13.2. The Morgan fingerprint density at radius 1 is 0.902 bits per heavy atom. The van der Waals surface area contributed by atoms with E-state index in [0.29, 0.717) is 39.0 Å². The first-order valence-electron chi connectivity index (χ1n) is 12.8. The average Bonchev–Trinajstić information content (AvgIpc) is 3.58. The van der Waals surface area contributed by atoms with Gasteiger partial charge in [-0.15, -0.1) is 0 Å². The molecule has 0 spiro atoms. The van der Waals surface area contributed by atoms with Gasteiger partial charge in [0.2, 0.25) is 12.7 Å². The number of nitrogens with zero attached hydrogens (tertiary/aromatic N) is 2. The van der Waals surface area contributed by atoms with E-state index in [4.69, 9.17) is 30.9 Å². The molecule has 0 atom stereocenters. The zero-order valence-corrected chi connectivity index (χ0v) is 22.9. The number of carbonyl (C=O) groups excluding carboxylic acids is 2. The Bertz CT molecular complexity index is 1800. The maximum absolute atomic E-state index is 12.8. The topological polar surface area (TPSA) is 91.7 Å². The summed E-state index contributed by atoms with van der Waals surface area (Å²) in [7, 11) is 0. The summed E-state index contributed by atoms with van der Waals surface area (Å²) in [4.78, 5) is 25.1. The van der Waals surface area contributed by atoms with Gasteiger partial charge in [-0.1, -0.05) is 48.0 Å². The van der Waals surface area contributed by atoms with E-state index >= 15 is 0 Å². The fourth-order valence-corrected chi connectivity index (χ4v) is 4.86. The van der Waals surface area contributed by atoms with Crippen LogP contribution >= 0.6 is 11.6 Å². The Morgan fingerprint density at radius 2 is 1.66 bits per heavy atom. The molecule has 0 aliphatic carbocycles. The number of esters is 1. The molecule has 1 amide bonds. The van der Waals surface area contributed by atoms with Crippen LogP contribution in [0.2, 0.25) is 5.02 Å². The second-order valence-corrected chi connectivity index (χ2v) is 9.86. The maximum Gasteiger partial charge on any atom is 0.309 e. The van der Waals surface area contributed by atoms with Crippen LogP contribution in [-0.2, 0) is 4.79 Å². The summed E-state index contributed by atoms with van der Waals surface area (Å²) in [6.45, 7) is 3.47. The Labute approximate surface area is 241 Å². The Hall–Kier alpha value is -5.08. The van der Waals surface area contributed by atoms with E-state index < -0.39 is 5.97 Å². The van der Waals surface area contributed by atoms with Crippen molar-refractivity contribution in [1.29, 1.82) is 0 Å². The highest BCUT2D eigenvalue weighted by atomic mass is 35.5. The van der Waals surface area contributed by atoms with Gasteiger partial charge >= 0.3 is 5.97 Å². The third kappa shape index (κ3) is 5.25. The van der Waals surface area contributed by atoms with Gasteiger partial charge in [0.25, 0.3) is 5.91 Å². The average molecular weight is 566 g/mol. The summed E-state index contributed by atoms with van der Waals surface area (Å²) in [6, 6.07) is 27.4. The number of aromatic nitrogens is 2. The predicted molar refractivity (Wildman–Crippen MR) is 156 cm³/mol. The zero-order valence-electron chi connectivity index (χ0n) is 22.2. The Kier molecular flexibility index (Phi) is 6.91. The number of hydrogen-bond acceptors (Lipinski definition) is 6. The first kappa shape index (κ1) is 26.2. The monoisotopic (exact) mass is 565 g/mol. The van der Waals surface area contributed by atoms with Gasteiger partial charge in [-0.25, -0.2) is 0 Å². The number of carbonyl (C=O) groups is 2. The van der Waals surface area contributed by atoms with Gasteiger partial charge in [0.15, 0.2) is 11.5 Å². The van der Waals surface area contributed by atoms with E-state index in [2.05, 4.69) is 5.32 Å². The van der Waals surface area contributed by atoms with Gasteiger partial charge in [0.05, 0.1) is 21.8 Å². The molecule has 204 valence electrons. The van der Waals surface area contributed by atoms with Crippen LogP contribution in [0.5, 0.6) is 17.4 Å². The van der Waals surface area contributed by atoms with Gasteiger partial charge in [-0.05, 0) is 72.6 Å². The van der Waals surface area contributed by atoms with Gasteiger partial charge in [-0.3, -0.25) is 9.59 Å². The molecule has 0 saturated carbocycles. The molecular weight excluding hydrogens is 542 g/mol. The molecule has 1 aliphatic heterocycles. The lowest BCUT2D eigenvalue weighted by Crippen LogP contribution is -2.12. The molecule has 1 aromatic heterocycles. The molecule has 4 aromatic carbocycles. The summed E-state index contributed by atoms with van der Waals surface area (Å²) in [6.07, 6.45) is 0. The van der Waals surface area contributed by atoms with Gasteiger partial charge < -0.3 is 19.5 Å². The highest BCUT2D eigenvalue weighted by Crippen LogP contribution is 2.44. The van der Waals surface area contributed by atoms with Crippen LogP contribution in [0.25, 0.3) is 28.1 Å². The number of nitrogens with one attached hydrogen (secondary N) is 1. The lowest BCUT2D eigenvalue weighted by molar-refractivity contribution is -0.132. The number of amides is 1. The van der Waals surface area contributed by atoms with Crippen LogP contribution in [0.4, 0.5) is 5.69 Å². The third-order valence-corrected chi connectivity index (χ3v) is 6.86. The number of halogens is 1. The predicted octanol–water partition coefficient (Wildman–Crippen LogP) is 7.07. The molecule has 6 rings (SSSR count). The molecule has 0 radical (unpaired) electrons. The normalized spacial score (nSPS) is 11.8. The Balaban J connectivity index is 1.47. The fourth-order valence-electron chi connectivity index (χ4n) is 4.64. The van der Waals surface area contributed by atoms with Crippen LogP contribution < -0.4 is 19.5 Å². The minimum absolute atomic E-state index is 0.142. The number of fused-ring (bicyclic) bond motifs is 1. The summed E-state index contributed by atoms with van der Waals surface area (Å²) in [5.41, 5.74) is 5.36. The van der Waals surface area contributed by atoms with Gasteiger partial charge in [0, 0.05) is 18.2 Å². The van der Waals surface area contributed by atoms with Crippen LogP contribution in [-0.4, -0.2) is 28.4 Å². The number of hydrogen-bond donors (Lipinski definition) is 1. The minimum Gasteiger partial charge on any atom is -0.454 e. The Morgan fingerprint density at radius 3 is 2.41 bits per heavy atom. The lowest BCUT2D eigenvalue weighted by atomic mass is 10.0. The van der Waals surface area contributed by atoms with E-state index in [1.807, 2.05) is 61.5 Å². The van der Waals surface area contributed by atoms with E-state index in [9.17, 15) is 9.59 Å². The minimum atomic E-state index is -0.485. The van der Waals surface area contributed by atoms with E-state index in [-0.39, 0.29) is 18.6 Å². The van der Waals surface area contributed by atoms with Crippen molar-refractivity contribution in [1.82, 2.24) is 9.78 Å². The molecule has 1 N–H and O–H groups in total. The molecule has 0 saturated heterocycles. The van der Waals surface area contributed by atoms with Crippen molar-refractivity contribution in [3.63, 3.8) is 0 Å². The number of aryl methyl sites for hydroxylation is 1. The summed E-state index contributed by atoms with van der Waals surface area (Å²) in [5, 5.41) is 8.17. The van der Waals surface area contributed by atoms with Crippen molar-refractivity contribution in [2.75, 3.05) is 12.1 Å². The number of anilines is 1. The van der Waals surface area contributed by atoms with E-state index in [1.165, 1.54) is 6.92 Å².